The largest absolute Gasteiger partial charge is 0.357 e. The summed E-state index contributed by atoms with van der Waals surface area (Å²) < 4.78 is 41.7. The maximum absolute atomic E-state index is 13.6. The Morgan fingerprint density at radius 1 is 0.943 bits per heavy atom. The monoisotopic (exact) mass is 497 g/mol. The number of aryl methyl sites for hydroxylation is 1. The van der Waals surface area contributed by atoms with Crippen LogP contribution in [0, 0.1) is 12.7 Å². The van der Waals surface area contributed by atoms with Crippen molar-refractivity contribution in [1.82, 2.24) is 10.2 Å². The number of rotatable bonds is 9. The molecule has 0 fully saturated rings. The van der Waals surface area contributed by atoms with Crippen molar-refractivity contribution in [3.05, 3.63) is 95.8 Å². The lowest BCUT2D eigenvalue weighted by atomic mass is 10.1. The molecule has 0 unspecified atom stereocenters. The number of hydrogen-bond acceptors (Lipinski definition) is 4. The molecule has 0 radical (unpaired) electrons. The summed E-state index contributed by atoms with van der Waals surface area (Å²) in [4.78, 5) is 27.3. The zero-order valence-corrected chi connectivity index (χ0v) is 20.6. The summed E-state index contributed by atoms with van der Waals surface area (Å²) in [7, 11) is -2.70. The van der Waals surface area contributed by atoms with Gasteiger partial charge in [-0.3, -0.25) is 13.9 Å². The molecule has 1 N–H and O–H groups in total. The standard InChI is InChI=1S/C26H28FN3O4S/c1-19-9-15-24(16-10-19)35(33,34)30(23-13-11-22(27)12-14-23)18-25(31)29(20(2)26(32)28-3)17-21-7-5-4-6-8-21/h4-16,20H,17-18H2,1-3H3,(H,28,32)/t20-/m1/s1. The molecule has 7 nitrogen and oxygen atoms in total. The Kier molecular flexibility index (Phi) is 8.24. The minimum Gasteiger partial charge on any atom is -0.357 e. The van der Waals surface area contributed by atoms with Gasteiger partial charge in [0.2, 0.25) is 11.8 Å². The summed E-state index contributed by atoms with van der Waals surface area (Å²) >= 11 is 0. The van der Waals surface area contributed by atoms with E-state index in [0.717, 1.165) is 27.6 Å². The number of hydrogen-bond donors (Lipinski definition) is 1. The molecule has 0 aliphatic rings. The number of amides is 2. The van der Waals surface area contributed by atoms with Gasteiger partial charge in [0.25, 0.3) is 10.0 Å². The summed E-state index contributed by atoms with van der Waals surface area (Å²) in [5, 5.41) is 2.53. The maximum Gasteiger partial charge on any atom is 0.264 e. The molecule has 0 aliphatic heterocycles. The molecular weight excluding hydrogens is 469 g/mol. The molecular formula is C26H28FN3O4S. The zero-order chi connectivity index (χ0) is 25.6. The van der Waals surface area contributed by atoms with Crippen molar-refractivity contribution in [2.24, 2.45) is 0 Å². The van der Waals surface area contributed by atoms with Gasteiger partial charge in [0, 0.05) is 13.6 Å². The van der Waals surface area contributed by atoms with Gasteiger partial charge in [-0.2, -0.15) is 0 Å². The van der Waals surface area contributed by atoms with Gasteiger partial charge in [-0.15, -0.1) is 0 Å². The average Bonchev–Trinajstić information content (AvgIpc) is 2.86. The first-order valence-electron chi connectivity index (χ1n) is 11.0. The topological polar surface area (TPSA) is 86.8 Å². The van der Waals surface area contributed by atoms with Crippen LogP contribution in [0.1, 0.15) is 18.1 Å². The number of nitrogens with zero attached hydrogens (tertiary/aromatic N) is 2. The van der Waals surface area contributed by atoms with E-state index in [0.29, 0.717) is 0 Å². The summed E-state index contributed by atoms with van der Waals surface area (Å²) in [5.41, 5.74) is 1.79. The molecule has 0 bridgehead atoms. The molecule has 2 amide bonds. The number of likely N-dealkylation sites (N-methyl/N-ethyl adjacent to an activating group) is 1. The number of anilines is 1. The number of benzene rings is 3. The van der Waals surface area contributed by atoms with Crippen molar-refractivity contribution >= 4 is 27.5 Å². The van der Waals surface area contributed by atoms with Gasteiger partial charge >= 0.3 is 0 Å². The molecule has 3 rings (SSSR count). The van der Waals surface area contributed by atoms with Crippen LogP contribution in [0.4, 0.5) is 10.1 Å². The van der Waals surface area contributed by atoms with Crippen molar-refractivity contribution in [3.8, 4) is 0 Å². The van der Waals surface area contributed by atoms with Crippen LogP contribution in [-0.2, 0) is 26.2 Å². The second-order valence-electron chi connectivity index (χ2n) is 8.10. The fourth-order valence-electron chi connectivity index (χ4n) is 3.55. The third-order valence-corrected chi connectivity index (χ3v) is 7.40. The highest BCUT2D eigenvalue weighted by molar-refractivity contribution is 7.92. The second-order valence-corrected chi connectivity index (χ2v) is 9.96. The molecule has 3 aromatic rings. The Morgan fingerprint density at radius 2 is 1.54 bits per heavy atom. The van der Waals surface area contributed by atoms with Gasteiger partial charge in [0.15, 0.2) is 0 Å². The summed E-state index contributed by atoms with van der Waals surface area (Å²) in [6, 6.07) is 19.3. The van der Waals surface area contributed by atoms with E-state index >= 15 is 0 Å². The van der Waals surface area contributed by atoms with Crippen LogP contribution in [0.3, 0.4) is 0 Å². The third kappa shape index (κ3) is 6.24. The van der Waals surface area contributed by atoms with Crippen LogP contribution < -0.4 is 9.62 Å². The molecule has 9 heteroatoms. The maximum atomic E-state index is 13.6. The minimum atomic E-state index is -4.17. The van der Waals surface area contributed by atoms with Crippen LogP contribution in [0.2, 0.25) is 0 Å². The Morgan fingerprint density at radius 3 is 2.11 bits per heavy atom. The molecule has 0 saturated heterocycles. The van der Waals surface area contributed by atoms with Crippen LogP contribution in [0.15, 0.2) is 83.8 Å². The third-order valence-electron chi connectivity index (χ3n) is 5.61. The molecule has 35 heavy (non-hydrogen) atoms. The van der Waals surface area contributed by atoms with Crippen LogP contribution >= 0.6 is 0 Å². The molecule has 0 heterocycles. The summed E-state index contributed by atoms with van der Waals surface area (Å²) in [5.74, 6) is -1.50. The van der Waals surface area contributed by atoms with Crippen LogP contribution in [-0.4, -0.2) is 44.8 Å². The van der Waals surface area contributed by atoms with Crippen LogP contribution in [0.5, 0.6) is 0 Å². The molecule has 0 spiro atoms. The van der Waals surface area contributed by atoms with Crippen molar-refractivity contribution in [3.63, 3.8) is 0 Å². The average molecular weight is 498 g/mol. The number of carbonyl (C=O) groups excluding carboxylic acids is 2. The van der Waals surface area contributed by atoms with Gasteiger partial charge in [-0.25, -0.2) is 12.8 Å². The van der Waals surface area contributed by atoms with Gasteiger partial charge in [-0.1, -0.05) is 48.0 Å². The molecule has 0 aliphatic carbocycles. The SMILES string of the molecule is CNC(=O)[C@@H](C)N(Cc1ccccc1)C(=O)CN(c1ccc(F)cc1)S(=O)(=O)c1ccc(C)cc1. The van der Waals surface area contributed by atoms with Crippen molar-refractivity contribution in [2.45, 2.75) is 31.3 Å². The van der Waals surface area contributed by atoms with E-state index < -0.39 is 34.3 Å². The Balaban J connectivity index is 2.01. The van der Waals surface area contributed by atoms with Gasteiger partial charge in [-0.05, 0) is 55.8 Å². The van der Waals surface area contributed by atoms with E-state index in [-0.39, 0.29) is 23.0 Å². The lowest BCUT2D eigenvalue weighted by Gasteiger charge is -2.31. The van der Waals surface area contributed by atoms with Gasteiger partial charge in [0.1, 0.15) is 18.4 Å². The number of sulfonamides is 1. The molecule has 1 atom stereocenters. The highest BCUT2D eigenvalue weighted by Gasteiger charge is 2.32. The lowest BCUT2D eigenvalue weighted by Crippen LogP contribution is -2.50. The van der Waals surface area contributed by atoms with Gasteiger partial charge in [0.05, 0.1) is 10.6 Å². The molecule has 3 aromatic carbocycles. The highest BCUT2D eigenvalue weighted by atomic mass is 32.2. The quantitative estimate of drug-likeness (QED) is 0.490. The van der Waals surface area contributed by atoms with E-state index in [1.807, 2.05) is 37.3 Å². The van der Waals surface area contributed by atoms with Crippen LogP contribution in [0.25, 0.3) is 0 Å². The fraction of sp³-hybridized carbons (Fsp3) is 0.231. The number of halogens is 1. The van der Waals surface area contributed by atoms with Crippen molar-refractivity contribution < 1.29 is 22.4 Å². The normalized spacial score (nSPS) is 12.0. The zero-order valence-electron chi connectivity index (χ0n) is 19.8. The predicted molar refractivity (Wildman–Crippen MR) is 133 cm³/mol. The fourth-order valence-corrected chi connectivity index (χ4v) is 4.96. The molecule has 0 aromatic heterocycles. The number of carbonyl (C=O) groups is 2. The Labute approximate surface area is 205 Å². The molecule has 184 valence electrons. The second kappa shape index (κ2) is 11.1. The van der Waals surface area contributed by atoms with Crippen molar-refractivity contribution in [1.29, 1.82) is 0 Å². The first kappa shape index (κ1) is 25.9. The minimum absolute atomic E-state index is 0.00539. The van der Waals surface area contributed by atoms with E-state index in [9.17, 15) is 22.4 Å². The van der Waals surface area contributed by atoms with E-state index in [1.165, 1.54) is 36.2 Å². The lowest BCUT2D eigenvalue weighted by molar-refractivity contribution is -0.139. The first-order valence-corrected chi connectivity index (χ1v) is 12.5. The Bertz CT molecular complexity index is 1260. The summed E-state index contributed by atoms with van der Waals surface area (Å²) in [6.07, 6.45) is 0. The number of nitrogens with one attached hydrogen (secondary N) is 1. The predicted octanol–water partition coefficient (Wildman–Crippen LogP) is 3.49. The highest BCUT2D eigenvalue weighted by Crippen LogP contribution is 2.25. The van der Waals surface area contributed by atoms with Gasteiger partial charge < -0.3 is 10.2 Å². The van der Waals surface area contributed by atoms with E-state index in [2.05, 4.69) is 5.32 Å². The Hall–Kier alpha value is -3.72. The van der Waals surface area contributed by atoms with Crippen molar-refractivity contribution in [2.75, 3.05) is 17.9 Å². The first-order chi connectivity index (χ1) is 16.6. The molecule has 0 saturated carbocycles. The summed E-state index contributed by atoms with van der Waals surface area (Å²) in [6.45, 7) is 2.95. The van der Waals surface area contributed by atoms with E-state index in [1.54, 1.807) is 19.1 Å². The smallest absolute Gasteiger partial charge is 0.264 e. The van der Waals surface area contributed by atoms with E-state index in [4.69, 9.17) is 0 Å².